The van der Waals surface area contributed by atoms with Crippen molar-refractivity contribution in [2.75, 3.05) is 18.9 Å². The quantitative estimate of drug-likeness (QED) is 0.738. The van der Waals surface area contributed by atoms with E-state index in [2.05, 4.69) is 16.0 Å². The van der Waals surface area contributed by atoms with Crippen LogP contribution in [0.15, 0.2) is 24.3 Å². The number of para-hydroxylation sites is 1. The van der Waals surface area contributed by atoms with Gasteiger partial charge in [0.1, 0.15) is 0 Å². The van der Waals surface area contributed by atoms with Crippen LogP contribution in [0.2, 0.25) is 0 Å². The fourth-order valence-corrected chi connectivity index (χ4v) is 1.91. The van der Waals surface area contributed by atoms with E-state index in [0.717, 1.165) is 11.3 Å². The molecule has 0 heterocycles. The molecule has 0 saturated carbocycles. The van der Waals surface area contributed by atoms with Crippen molar-refractivity contribution in [3.05, 3.63) is 29.8 Å². The van der Waals surface area contributed by atoms with E-state index in [1.54, 1.807) is 7.05 Å². The predicted molar refractivity (Wildman–Crippen MR) is 80.3 cm³/mol. The second-order valence-corrected chi connectivity index (χ2v) is 5.40. The maximum Gasteiger partial charge on any atom is 0.226 e. The summed E-state index contributed by atoms with van der Waals surface area (Å²) >= 11 is 0. The monoisotopic (exact) mass is 277 g/mol. The van der Waals surface area contributed by atoms with Gasteiger partial charge in [0.2, 0.25) is 11.8 Å². The smallest absolute Gasteiger partial charge is 0.226 e. The average molecular weight is 277 g/mol. The molecule has 0 aliphatic rings. The fourth-order valence-electron chi connectivity index (χ4n) is 1.91. The largest absolute Gasteiger partial charge is 0.359 e. The Morgan fingerprint density at radius 1 is 1.20 bits per heavy atom. The molecule has 1 aromatic rings. The fraction of sp³-hybridized carbons (Fsp3) is 0.467. The van der Waals surface area contributed by atoms with Crippen LogP contribution in [0.3, 0.4) is 0 Å². The van der Waals surface area contributed by atoms with Gasteiger partial charge in [-0.2, -0.15) is 0 Å². The van der Waals surface area contributed by atoms with Gasteiger partial charge in [0.05, 0.1) is 5.41 Å². The third kappa shape index (κ3) is 4.66. The van der Waals surface area contributed by atoms with E-state index in [4.69, 9.17) is 0 Å². The van der Waals surface area contributed by atoms with E-state index in [-0.39, 0.29) is 11.8 Å². The number of hydrogen-bond donors (Lipinski definition) is 3. The Kier molecular flexibility index (Phi) is 5.70. The van der Waals surface area contributed by atoms with Crippen LogP contribution in [-0.4, -0.2) is 25.4 Å². The molecule has 0 saturated heterocycles. The number of rotatable bonds is 6. The first-order valence-corrected chi connectivity index (χ1v) is 6.65. The van der Waals surface area contributed by atoms with Crippen molar-refractivity contribution in [3.8, 4) is 0 Å². The average Bonchev–Trinajstić information content (AvgIpc) is 2.39. The lowest BCUT2D eigenvalue weighted by atomic mass is 9.92. The molecule has 5 heteroatoms. The van der Waals surface area contributed by atoms with Crippen molar-refractivity contribution in [2.24, 2.45) is 5.41 Å². The molecule has 0 spiro atoms. The summed E-state index contributed by atoms with van der Waals surface area (Å²) in [4.78, 5) is 22.8. The molecule has 20 heavy (non-hydrogen) atoms. The predicted octanol–water partition coefficient (Wildman–Crippen LogP) is 1.51. The molecule has 0 aliphatic heterocycles. The third-order valence-corrected chi connectivity index (χ3v) is 3.05. The lowest BCUT2D eigenvalue weighted by molar-refractivity contribution is -0.128. The number of carbonyl (C=O) groups is 2. The maximum absolute atomic E-state index is 11.7. The molecule has 2 amide bonds. The highest BCUT2D eigenvalue weighted by molar-refractivity contribution is 5.89. The normalized spacial score (nSPS) is 11.0. The van der Waals surface area contributed by atoms with E-state index in [1.165, 1.54) is 6.92 Å². The molecule has 110 valence electrons. The molecule has 0 atom stereocenters. The van der Waals surface area contributed by atoms with Crippen LogP contribution in [0.25, 0.3) is 0 Å². The van der Waals surface area contributed by atoms with Crippen LogP contribution >= 0.6 is 0 Å². The van der Waals surface area contributed by atoms with Crippen molar-refractivity contribution >= 4 is 17.5 Å². The zero-order chi connectivity index (χ0) is 15.2. The van der Waals surface area contributed by atoms with E-state index in [1.807, 2.05) is 38.1 Å². The van der Waals surface area contributed by atoms with Gasteiger partial charge in [-0.1, -0.05) is 18.2 Å². The summed E-state index contributed by atoms with van der Waals surface area (Å²) in [6.07, 6.45) is 0. The molecule has 0 radical (unpaired) electrons. The van der Waals surface area contributed by atoms with Crippen molar-refractivity contribution in [1.29, 1.82) is 0 Å². The number of hydrogen-bond acceptors (Lipinski definition) is 3. The molecule has 0 aromatic heterocycles. The van der Waals surface area contributed by atoms with Crippen LogP contribution < -0.4 is 16.0 Å². The Morgan fingerprint density at radius 3 is 2.45 bits per heavy atom. The minimum Gasteiger partial charge on any atom is -0.359 e. The van der Waals surface area contributed by atoms with Gasteiger partial charge < -0.3 is 16.0 Å². The standard InChI is InChI=1S/C15H23N3O2/c1-11(19)18-13-8-6-5-7-12(13)9-17-10-15(2,3)14(20)16-4/h5-8,17H,9-10H2,1-4H3,(H,16,20)(H,18,19). The summed E-state index contributed by atoms with van der Waals surface area (Å²) in [5.41, 5.74) is 1.32. The van der Waals surface area contributed by atoms with Gasteiger partial charge in [0, 0.05) is 32.7 Å². The summed E-state index contributed by atoms with van der Waals surface area (Å²) in [6.45, 7) is 6.41. The number of carbonyl (C=O) groups excluding carboxylic acids is 2. The SMILES string of the molecule is CNC(=O)C(C)(C)CNCc1ccccc1NC(C)=O. The Balaban J connectivity index is 2.62. The van der Waals surface area contributed by atoms with Crippen molar-refractivity contribution in [1.82, 2.24) is 10.6 Å². The zero-order valence-electron chi connectivity index (χ0n) is 12.5. The highest BCUT2D eigenvalue weighted by atomic mass is 16.2. The molecule has 3 N–H and O–H groups in total. The van der Waals surface area contributed by atoms with Crippen molar-refractivity contribution in [3.63, 3.8) is 0 Å². The van der Waals surface area contributed by atoms with Crippen molar-refractivity contribution in [2.45, 2.75) is 27.3 Å². The molecular formula is C15H23N3O2. The summed E-state index contributed by atoms with van der Waals surface area (Å²) in [5.74, 6) is -0.0942. The number of benzene rings is 1. The topological polar surface area (TPSA) is 70.2 Å². The van der Waals surface area contributed by atoms with E-state index in [9.17, 15) is 9.59 Å². The lowest BCUT2D eigenvalue weighted by Crippen LogP contribution is -2.41. The lowest BCUT2D eigenvalue weighted by Gasteiger charge is -2.23. The van der Waals surface area contributed by atoms with E-state index < -0.39 is 5.41 Å². The van der Waals surface area contributed by atoms with Crippen LogP contribution in [0.1, 0.15) is 26.3 Å². The van der Waals surface area contributed by atoms with Crippen LogP contribution in [0.4, 0.5) is 5.69 Å². The van der Waals surface area contributed by atoms with Crippen LogP contribution in [-0.2, 0) is 16.1 Å². The Hall–Kier alpha value is -1.88. The number of nitrogens with one attached hydrogen (secondary N) is 3. The summed E-state index contributed by atoms with van der Waals surface area (Å²) in [7, 11) is 1.64. The van der Waals surface area contributed by atoms with Gasteiger partial charge in [-0.3, -0.25) is 9.59 Å². The number of amides is 2. The van der Waals surface area contributed by atoms with Gasteiger partial charge >= 0.3 is 0 Å². The minimum atomic E-state index is -0.475. The van der Waals surface area contributed by atoms with Crippen LogP contribution in [0, 0.1) is 5.41 Å². The van der Waals surface area contributed by atoms with Gasteiger partial charge in [0.25, 0.3) is 0 Å². The molecule has 5 nitrogen and oxygen atoms in total. The maximum atomic E-state index is 11.7. The first-order chi connectivity index (χ1) is 9.36. The molecule has 0 unspecified atom stereocenters. The molecule has 0 fully saturated rings. The minimum absolute atomic E-state index is 0.000135. The molecule has 0 bridgehead atoms. The van der Waals surface area contributed by atoms with Gasteiger partial charge in [-0.25, -0.2) is 0 Å². The zero-order valence-corrected chi connectivity index (χ0v) is 12.5. The van der Waals surface area contributed by atoms with Gasteiger partial charge in [-0.15, -0.1) is 0 Å². The third-order valence-electron chi connectivity index (χ3n) is 3.05. The van der Waals surface area contributed by atoms with Gasteiger partial charge in [-0.05, 0) is 25.5 Å². The summed E-state index contributed by atoms with van der Waals surface area (Å²) in [5, 5.41) is 8.71. The van der Waals surface area contributed by atoms with Crippen molar-refractivity contribution < 1.29 is 9.59 Å². The number of anilines is 1. The molecular weight excluding hydrogens is 254 g/mol. The Bertz CT molecular complexity index is 484. The first-order valence-electron chi connectivity index (χ1n) is 6.65. The van der Waals surface area contributed by atoms with E-state index in [0.29, 0.717) is 13.1 Å². The highest BCUT2D eigenvalue weighted by Gasteiger charge is 2.25. The molecule has 0 aliphatic carbocycles. The molecule has 1 rings (SSSR count). The highest BCUT2D eigenvalue weighted by Crippen LogP contribution is 2.17. The Morgan fingerprint density at radius 2 is 1.85 bits per heavy atom. The first kappa shape index (κ1) is 16.2. The van der Waals surface area contributed by atoms with Crippen LogP contribution in [0.5, 0.6) is 0 Å². The molecule has 1 aromatic carbocycles. The van der Waals surface area contributed by atoms with E-state index >= 15 is 0 Å². The summed E-state index contributed by atoms with van der Waals surface area (Å²) < 4.78 is 0. The van der Waals surface area contributed by atoms with Gasteiger partial charge in [0.15, 0.2) is 0 Å². The second-order valence-electron chi connectivity index (χ2n) is 5.40. The Labute approximate surface area is 120 Å². The second kappa shape index (κ2) is 7.05. The summed E-state index contributed by atoms with van der Waals surface area (Å²) in [6, 6.07) is 7.61.